The Labute approximate surface area is 99.0 Å². The van der Waals surface area contributed by atoms with Crippen LogP contribution in [0.5, 0.6) is 0 Å². The summed E-state index contributed by atoms with van der Waals surface area (Å²) in [6, 6.07) is 6.39. The van der Waals surface area contributed by atoms with E-state index in [-0.39, 0.29) is 24.7 Å². The molecule has 1 N–H and O–H groups in total. The van der Waals surface area contributed by atoms with Gasteiger partial charge in [0, 0.05) is 25.4 Å². The molecule has 0 spiro atoms. The lowest BCUT2D eigenvalue weighted by atomic mass is 9.92. The Kier molecular flexibility index (Phi) is 3.72. The first-order valence-corrected chi connectivity index (χ1v) is 5.91. The van der Waals surface area contributed by atoms with Crippen LogP contribution in [0.1, 0.15) is 31.2 Å². The van der Waals surface area contributed by atoms with Crippen LogP contribution in [0.4, 0.5) is 13.2 Å². The van der Waals surface area contributed by atoms with Crippen LogP contribution in [0.2, 0.25) is 0 Å². The number of nitrogens with one attached hydrogen (secondary N) is 1. The summed E-state index contributed by atoms with van der Waals surface area (Å²) in [4.78, 5) is 0. The molecule has 1 aromatic carbocycles. The summed E-state index contributed by atoms with van der Waals surface area (Å²) in [5.74, 6) is -2.74. The van der Waals surface area contributed by atoms with Crippen molar-refractivity contribution in [2.45, 2.75) is 44.2 Å². The summed E-state index contributed by atoms with van der Waals surface area (Å²) in [5.41, 5.74) is 0.976. The number of alkyl halides is 2. The highest BCUT2D eigenvalue weighted by molar-refractivity contribution is 5.15. The van der Waals surface area contributed by atoms with Crippen LogP contribution in [0.15, 0.2) is 24.3 Å². The van der Waals surface area contributed by atoms with Gasteiger partial charge in [-0.1, -0.05) is 12.1 Å². The maximum absolute atomic E-state index is 12.9. The zero-order chi connectivity index (χ0) is 12.3. The number of rotatable bonds is 3. The van der Waals surface area contributed by atoms with Gasteiger partial charge in [-0.25, -0.2) is 13.2 Å². The minimum atomic E-state index is -2.48. The third-order valence-corrected chi connectivity index (χ3v) is 3.23. The Bertz CT molecular complexity index is 351. The van der Waals surface area contributed by atoms with Crippen molar-refractivity contribution in [2.75, 3.05) is 0 Å². The van der Waals surface area contributed by atoms with Crippen molar-refractivity contribution < 1.29 is 13.2 Å². The monoisotopic (exact) mass is 243 g/mol. The molecule has 94 valence electrons. The number of benzene rings is 1. The van der Waals surface area contributed by atoms with Crippen LogP contribution in [0.25, 0.3) is 0 Å². The molecular formula is C13H16F3N. The van der Waals surface area contributed by atoms with Crippen molar-refractivity contribution in [2.24, 2.45) is 0 Å². The van der Waals surface area contributed by atoms with Gasteiger partial charge in [0.1, 0.15) is 5.82 Å². The quantitative estimate of drug-likeness (QED) is 0.856. The molecule has 2 rings (SSSR count). The van der Waals surface area contributed by atoms with E-state index < -0.39 is 5.92 Å². The van der Waals surface area contributed by atoms with E-state index in [1.54, 1.807) is 12.1 Å². The smallest absolute Gasteiger partial charge is 0.248 e. The van der Waals surface area contributed by atoms with Crippen LogP contribution in [-0.2, 0) is 6.54 Å². The first-order chi connectivity index (χ1) is 8.05. The zero-order valence-electron chi connectivity index (χ0n) is 9.56. The minimum absolute atomic E-state index is 0.0336. The molecule has 0 aromatic heterocycles. The molecule has 0 amide bonds. The van der Waals surface area contributed by atoms with Gasteiger partial charge in [0.25, 0.3) is 0 Å². The SMILES string of the molecule is Fc1ccc(CNC2CCC(F)(F)CC2)cc1. The summed E-state index contributed by atoms with van der Waals surface area (Å²) in [6.07, 6.45) is 0.949. The maximum atomic E-state index is 12.9. The van der Waals surface area contributed by atoms with Gasteiger partial charge in [-0.3, -0.25) is 0 Å². The van der Waals surface area contributed by atoms with Gasteiger partial charge in [0.2, 0.25) is 5.92 Å². The molecule has 0 bridgehead atoms. The molecule has 0 atom stereocenters. The van der Waals surface area contributed by atoms with Crippen molar-refractivity contribution in [3.05, 3.63) is 35.6 Å². The fourth-order valence-corrected chi connectivity index (χ4v) is 2.11. The third-order valence-electron chi connectivity index (χ3n) is 3.23. The number of halogens is 3. The molecule has 1 aliphatic carbocycles. The van der Waals surface area contributed by atoms with Crippen LogP contribution in [-0.4, -0.2) is 12.0 Å². The Balaban J connectivity index is 1.78. The fourth-order valence-electron chi connectivity index (χ4n) is 2.11. The molecule has 4 heteroatoms. The Morgan fingerprint density at radius 1 is 1.12 bits per heavy atom. The Morgan fingerprint density at radius 2 is 1.71 bits per heavy atom. The highest BCUT2D eigenvalue weighted by Crippen LogP contribution is 2.33. The van der Waals surface area contributed by atoms with Gasteiger partial charge < -0.3 is 5.32 Å². The van der Waals surface area contributed by atoms with Gasteiger partial charge in [-0.2, -0.15) is 0 Å². The van der Waals surface area contributed by atoms with Gasteiger partial charge >= 0.3 is 0 Å². The molecule has 1 nitrogen and oxygen atoms in total. The standard InChI is InChI=1S/C13H16F3N/c14-11-3-1-10(2-4-11)9-17-12-5-7-13(15,16)8-6-12/h1-4,12,17H,5-9H2. The van der Waals surface area contributed by atoms with Crippen LogP contribution in [0.3, 0.4) is 0 Å². The molecule has 1 aromatic rings. The lowest BCUT2D eigenvalue weighted by Crippen LogP contribution is -2.36. The van der Waals surface area contributed by atoms with Crippen molar-refractivity contribution in [1.82, 2.24) is 5.32 Å². The van der Waals surface area contributed by atoms with Crippen molar-refractivity contribution in [3.63, 3.8) is 0 Å². The first kappa shape index (κ1) is 12.4. The lowest BCUT2D eigenvalue weighted by molar-refractivity contribution is -0.0405. The molecule has 0 radical (unpaired) electrons. The summed E-state index contributed by atoms with van der Waals surface area (Å²) in [7, 11) is 0. The number of hydrogen-bond acceptors (Lipinski definition) is 1. The molecule has 1 fully saturated rings. The maximum Gasteiger partial charge on any atom is 0.248 e. The summed E-state index contributed by atoms with van der Waals surface area (Å²) in [5, 5.41) is 3.24. The van der Waals surface area contributed by atoms with E-state index in [1.807, 2.05) is 0 Å². The fraction of sp³-hybridized carbons (Fsp3) is 0.538. The summed E-state index contributed by atoms with van der Waals surface area (Å²) >= 11 is 0. The van der Waals surface area contributed by atoms with Crippen LogP contribution >= 0.6 is 0 Å². The molecule has 0 unspecified atom stereocenters. The van der Waals surface area contributed by atoms with Crippen molar-refractivity contribution >= 4 is 0 Å². The van der Waals surface area contributed by atoms with E-state index >= 15 is 0 Å². The van der Waals surface area contributed by atoms with Gasteiger partial charge in [0.15, 0.2) is 0 Å². The largest absolute Gasteiger partial charge is 0.310 e. The molecule has 0 aliphatic heterocycles. The molecule has 0 heterocycles. The highest BCUT2D eigenvalue weighted by atomic mass is 19.3. The van der Waals surface area contributed by atoms with Crippen molar-refractivity contribution in [3.8, 4) is 0 Å². The predicted molar refractivity (Wildman–Crippen MR) is 60.4 cm³/mol. The Hall–Kier alpha value is -1.03. The third kappa shape index (κ3) is 3.73. The second-order valence-corrected chi connectivity index (χ2v) is 4.64. The summed E-state index contributed by atoms with van der Waals surface area (Å²) < 4.78 is 38.5. The normalized spacial score (nSPS) is 20.4. The second-order valence-electron chi connectivity index (χ2n) is 4.64. The first-order valence-electron chi connectivity index (χ1n) is 5.91. The summed E-state index contributed by atoms with van der Waals surface area (Å²) in [6.45, 7) is 0.608. The van der Waals surface area contributed by atoms with E-state index in [4.69, 9.17) is 0 Å². The molecular weight excluding hydrogens is 227 g/mol. The van der Waals surface area contributed by atoms with Gasteiger partial charge in [-0.05, 0) is 30.5 Å². The van der Waals surface area contributed by atoms with E-state index in [1.165, 1.54) is 12.1 Å². The molecule has 1 saturated carbocycles. The van der Waals surface area contributed by atoms with E-state index in [2.05, 4.69) is 5.32 Å². The molecule has 17 heavy (non-hydrogen) atoms. The topological polar surface area (TPSA) is 12.0 Å². The van der Waals surface area contributed by atoms with E-state index in [9.17, 15) is 13.2 Å². The van der Waals surface area contributed by atoms with E-state index in [0.717, 1.165) is 5.56 Å². The second kappa shape index (κ2) is 5.08. The van der Waals surface area contributed by atoms with Crippen molar-refractivity contribution in [1.29, 1.82) is 0 Å². The zero-order valence-corrected chi connectivity index (χ0v) is 9.56. The lowest BCUT2D eigenvalue weighted by Gasteiger charge is -2.28. The van der Waals surface area contributed by atoms with Crippen LogP contribution in [0, 0.1) is 5.82 Å². The predicted octanol–water partition coefficient (Wildman–Crippen LogP) is 3.49. The highest BCUT2D eigenvalue weighted by Gasteiger charge is 2.34. The molecule has 0 saturated heterocycles. The average molecular weight is 243 g/mol. The van der Waals surface area contributed by atoms with Gasteiger partial charge in [0.05, 0.1) is 0 Å². The van der Waals surface area contributed by atoms with Gasteiger partial charge in [-0.15, -0.1) is 0 Å². The van der Waals surface area contributed by atoms with E-state index in [0.29, 0.717) is 19.4 Å². The minimum Gasteiger partial charge on any atom is -0.310 e. The molecule has 1 aliphatic rings. The Morgan fingerprint density at radius 3 is 2.29 bits per heavy atom. The number of hydrogen-bond donors (Lipinski definition) is 1. The average Bonchev–Trinajstić information content (AvgIpc) is 2.30. The van der Waals surface area contributed by atoms with Crippen LogP contribution < -0.4 is 5.32 Å².